The van der Waals surface area contributed by atoms with Gasteiger partial charge in [-0.3, -0.25) is 4.79 Å². The van der Waals surface area contributed by atoms with Crippen molar-refractivity contribution < 1.29 is 9.53 Å². The van der Waals surface area contributed by atoms with Crippen LogP contribution in [0.2, 0.25) is 5.02 Å². The van der Waals surface area contributed by atoms with E-state index >= 15 is 0 Å². The predicted molar refractivity (Wildman–Crippen MR) is 98.9 cm³/mol. The Hall–Kier alpha value is -2.52. The Labute approximate surface area is 146 Å². The Morgan fingerprint density at radius 3 is 2.54 bits per heavy atom. The van der Waals surface area contributed by atoms with Gasteiger partial charge in [-0.25, -0.2) is 0 Å². The van der Waals surface area contributed by atoms with E-state index in [2.05, 4.69) is 5.32 Å². The minimum atomic E-state index is -0.610. The first-order valence-electron chi connectivity index (χ1n) is 7.75. The number of halogens is 1. The van der Waals surface area contributed by atoms with E-state index in [1.54, 1.807) is 19.1 Å². The van der Waals surface area contributed by atoms with Crippen molar-refractivity contribution >= 4 is 34.0 Å². The Morgan fingerprint density at radius 2 is 1.79 bits per heavy atom. The zero-order valence-corrected chi connectivity index (χ0v) is 14.3. The molecule has 0 unspecified atom stereocenters. The zero-order chi connectivity index (χ0) is 17.1. The van der Waals surface area contributed by atoms with Crippen LogP contribution < -0.4 is 10.1 Å². The Balaban J connectivity index is 1.70. The number of hydrogen-bond acceptors (Lipinski definition) is 2. The number of benzene rings is 3. The average molecular weight is 340 g/mol. The van der Waals surface area contributed by atoms with Crippen LogP contribution >= 0.6 is 11.6 Å². The van der Waals surface area contributed by atoms with E-state index in [-0.39, 0.29) is 5.91 Å². The molecule has 0 aliphatic heterocycles. The second-order valence-corrected chi connectivity index (χ2v) is 6.15. The maximum absolute atomic E-state index is 12.3. The fraction of sp³-hybridized carbons (Fsp3) is 0.150. The highest BCUT2D eigenvalue weighted by atomic mass is 35.5. The third kappa shape index (κ3) is 3.69. The number of carbonyl (C=O) groups excluding carboxylic acids is 1. The van der Waals surface area contributed by atoms with Crippen LogP contribution in [0.3, 0.4) is 0 Å². The first kappa shape index (κ1) is 16.3. The number of hydrogen-bond donors (Lipinski definition) is 1. The number of amides is 1. The Bertz CT molecular complexity index is 892. The number of carbonyl (C=O) groups is 1. The monoisotopic (exact) mass is 339 g/mol. The van der Waals surface area contributed by atoms with E-state index in [1.165, 1.54) is 0 Å². The summed E-state index contributed by atoms with van der Waals surface area (Å²) in [4.78, 5) is 12.3. The molecule has 3 rings (SSSR count). The molecule has 1 N–H and O–H groups in total. The van der Waals surface area contributed by atoms with Gasteiger partial charge >= 0.3 is 0 Å². The molecule has 3 nitrogen and oxygen atoms in total. The smallest absolute Gasteiger partial charge is 0.265 e. The summed E-state index contributed by atoms with van der Waals surface area (Å²) in [5.41, 5.74) is 1.65. The normalized spacial score (nSPS) is 12.0. The SMILES string of the molecule is Cc1cc(Cl)ccc1NC(=O)[C@H](C)Oc1ccc2ccccc2c1. The third-order valence-corrected chi connectivity index (χ3v) is 4.08. The number of rotatable bonds is 4. The van der Waals surface area contributed by atoms with Gasteiger partial charge in [0, 0.05) is 10.7 Å². The standard InChI is InChI=1S/C20H18ClNO2/c1-13-11-17(21)8-10-19(13)22-20(23)14(2)24-18-9-7-15-5-3-4-6-16(15)12-18/h3-12,14H,1-2H3,(H,22,23)/t14-/m0/s1. The molecule has 4 heteroatoms. The minimum Gasteiger partial charge on any atom is -0.481 e. The average Bonchev–Trinajstić information content (AvgIpc) is 2.57. The van der Waals surface area contributed by atoms with Crippen molar-refractivity contribution in [1.29, 1.82) is 0 Å². The summed E-state index contributed by atoms with van der Waals surface area (Å²) in [5.74, 6) is 0.470. The summed E-state index contributed by atoms with van der Waals surface area (Å²) in [5, 5.41) is 5.73. The molecule has 0 heterocycles. The van der Waals surface area contributed by atoms with Crippen LogP contribution in [0.5, 0.6) is 5.75 Å². The third-order valence-electron chi connectivity index (χ3n) is 3.85. The predicted octanol–water partition coefficient (Wildman–Crippen LogP) is 5.21. The molecule has 0 bridgehead atoms. The van der Waals surface area contributed by atoms with Crippen LogP contribution in [-0.4, -0.2) is 12.0 Å². The lowest BCUT2D eigenvalue weighted by molar-refractivity contribution is -0.122. The largest absolute Gasteiger partial charge is 0.481 e. The number of aryl methyl sites for hydroxylation is 1. The van der Waals surface area contributed by atoms with Gasteiger partial charge in [-0.05, 0) is 60.5 Å². The number of fused-ring (bicyclic) bond motifs is 1. The lowest BCUT2D eigenvalue weighted by atomic mass is 10.1. The van der Waals surface area contributed by atoms with Crippen molar-refractivity contribution in [3.05, 3.63) is 71.2 Å². The Morgan fingerprint density at radius 1 is 1.04 bits per heavy atom. The summed E-state index contributed by atoms with van der Waals surface area (Å²) in [6, 6.07) is 19.2. The molecule has 1 amide bonds. The van der Waals surface area contributed by atoms with E-state index in [0.717, 1.165) is 22.0 Å². The number of ether oxygens (including phenoxy) is 1. The van der Waals surface area contributed by atoms with Gasteiger partial charge in [-0.2, -0.15) is 0 Å². The van der Waals surface area contributed by atoms with Crippen molar-refractivity contribution in [1.82, 2.24) is 0 Å². The zero-order valence-electron chi connectivity index (χ0n) is 13.5. The van der Waals surface area contributed by atoms with Crippen LogP contribution in [0.4, 0.5) is 5.69 Å². The molecule has 3 aromatic rings. The van der Waals surface area contributed by atoms with E-state index in [4.69, 9.17) is 16.3 Å². The van der Waals surface area contributed by atoms with Gasteiger partial charge in [0.25, 0.3) is 5.91 Å². The van der Waals surface area contributed by atoms with Crippen molar-refractivity contribution in [3.63, 3.8) is 0 Å². The maximum Gasteiger partial charge on any atom is 0.265 e. The van der Waals surface area contributed by atoms with Crippen molar-refractivity contribution in [2.45, 2.75) is 20.0 Å². The van der Waals surface area contributed by atoms with Crippen molar-refractivity contribution in [3.8, 4) is 5.75 Å². The first-order chi connectivity index (χ1) is 11.5. The minimum absolute atomic E-state index is 0.200. The van der Waals surface area contributed by atoms with E-state index in [1.807, 2.05) is 55.5 Å². The van der Waals surface area contributed by atoms with Crippen LogP contribution in [0.15, 0.2) is 60.7 Å². The van der Waals surface area contributed by atoms with Crippen molar-refractivity contribution in [2.75, 3.05) is 5.32 Å². The van der Waals surface area contributed by atoms with Crippen LogP contribution in [0.1, 0.15) is 12.5 Å². The molecule has 3 aromatic carbocycles. The topological polar surface area (TPSA) is 38.3 Å². The first-order valence-corrected chi connectivity index (χ1v) is 8.13. The highest BCUT2D eigenvalue weighted by molar-refractivity contribution is 6.30. The van der Waals surface area contributed by atoms with Gasteiger partial charge in [0.2, 0.25) is 0 Å². The van der Waals surface area contributed by atoms with Gasteiger partial charge in [-0.1, -0.05) is 41.9 Å². The number of anilines is 1. The van der Waals surface area contributed by atoms with Crippen LogP contribution in [0.25, 0.3) is 10.8 Å². The molecular weight excluding hydrogens is 322 g/mol. The summed E-state index contributed by atoms with van der Waals surface area (Å²) < 4.78 is 5.78. The molecule has 24 heavy (non-hydrogen) atoms. The summed E-state index contributed by atoms with van der Waals surface area (Å²) in [7, 11) is 0. The molecular formula is C20H18ClNO2. The van der Waals surface area contributed by atoms with Crippen molar-refractivity contribution in [2.24, 2.45) is 0 Å². The van der Waals surface area contributed by atoms with Gasteiger partial charge in [0.05, 0.1) is 0 Å². The summed E-state index contributed by atoms with van der Waals surface area (Å²) >= 11 is 5.93. The molecule has 0 radical (unpaired) electrons. The lowest BCUT2D eigenvalue weighted by Crippen LogP contribution is -2.30. The maximum atomic E-state index is 12.3. The molecule has 0 aliphatic carbocycles. The fourth-order valence-electron chi connectivity index (χ4n) is 2.50. The molecule has 0 saturated carbocycles. The highest BCUT2D eigenvalue weighted by Crippen LogP contribution is 2.23. The second kappa shape index (κ2) is 6.93. The van der Waals surface area contributed by atoms with Gasteiger partial charge < -0.3 is 10.1 Å². The second-order valence-electron chi connectivity index (χ2n) is 5.72. The highest BCUT2D eigenvalue weighted by Gasteiger charge is 2.16. The molecule has 0 aliphatic rings. The molecule has 122 valence electrons. The van der Waals surface area contributed by atoms with E-state index in [0.29, 0.717) is 10.8 Å². The van der Waals surface area contributed by atoms with Crippen LogP contribution in [0, 0.1) is 6.92 Å². The van der Waals surface area contributed by atoms with E-state index < -0.39 is 6.10 Å². The molecule has 0 saturated heterocycles. The fourth-order valence-corrected chi connectivity index (χ4v) is 2.73. The van der Waals surface area contributed by atoms with Gasteiger partial charge in [0.15, 0.2) is 6.10 Å². The summed E-state index contributed by atoms with van der Waals surface area (Å²) in [6.45, 7) is 3.63. The van der Waals surface area contributed by atoms with E-state index in [9.17, 15) is 4.79 Å². The molecule has 1 atom stereocenters. The molecule has 0 aromatic heterocycles. The quantitative estimate of drug-likeness (QED) is 0.708. The molecule has 0 fully saturated rings. The van der Waals surface area contributed by atoms with Crippen LogP contribution in [-0.2, 0) is 4.79 Å². The Kier molecular flexibility index (Phi) is 4.72. The van der Waals surface area contributed by atoms with Gasteiger partial charge in [0.1, 0.15) is 5.75 Å². The lowest BCUT2D eigenvalue weighted by Gasteiger charge is -2.16. The van der Waals surface area contributed by atoms with Gasteiger partial charge in [-0.15, -0.1) is 0 Å². The number of nitrogens with one attached hydrogen (secondary N) is 1. The molecule has 0 spiro atoms. The summed E-state index contributed by atoms with van der Waals surface area (Å²) in [6.07, 6.45) is -0.610.